The van der Waals surface area contributed by atoms with Gasteiger partial charge in [0.25, 0.3) is 5.91 Å². The van der Waals surface area contributed by atoms with Gasteiger partial charge in [-0.05, 0) is 36.4 Å². The Morgan fingerprint density at radius 1 is 1.00 bits per heavy atom. The highest BCUT2D eigenvalue weighted by Gasteiger charge is 2.07. The van der Waals surface area contributed by atoms with E-state index in [4.69, 9.17) is 10.5 Å². The fourth-order valence-corrected chi connectivity index (χ4v) is 1.96. The van der Waals surface area contributed by atoms with Gasteiger partial charge in [0.2, 0.25) is 0 Å². The number of benzene rings is 2. The average Bonchev–Trinajstić information content (AvgIpc) is 2.56. The second-order valence-corrected chi connectivity index (χ2v) is 4.74. The first-order valence-electron chi connectivity index (χ1n) is 6.92. The molecule has 0 aliphatic heterocycles. The minimum Gasteiger partial charge on any atom is -0.424 e. The van der Waals surface area contributed by atoms with Crippen molar-refractivity contribution in [1.29, 1.82) is 0 Å². The molecular weight excluding hydrogens is 292 g/mol. The van der Waals surface area contributed by atoms with Gasteiger partial charge >= 0.3 is 6.01 Å². The van der Waals surface area contributed by atoms with Crippen LogP contribution in [0.2, 0.25) is 0 Å². The molecule has 3 N–H and O–H groups in total. The lowest BCUT2D eigenvalue weighted by molar-refractivity contribution is 0.102. The number of rotatable bonds is 4. The van der Waals surface area contributed by atoms with Gasteiger partial charge in [-0.25, -0.2) is 9.97 Å². The van der Waals surface area contributed by atoms with Crippen molar-refractivity contribution in [1.82, 2.24) is 9.97 Å². The zero-order valence-corrected chi connectivity index (χ0v) is 12.1. The minimum atomic E-state index is -0.245. The summed E-state index contributed by atoms with van der Waals surface area (Å²) < 4.78 is 5.53. The number of nitrogens with two attached hydrogens (primary N) is 1. The quantitative estimate of drug-likeness (QED) is 0.723. The highest BCUT2D eigenvalue weighted by molar-refractivity contribution is 6.04. The van der Waals surface area contributed by atoms with Gasteiger partial charge in [-0.3, -0.25) is 4.79 Å². The van der Waals surface area contributed by atoms with Crippen molar-refractivity contribution in [3.8, 4) is 11.8 Å². The summed E-state index contributed by atoms with van der Waals surface area (Å²) in [5.41, 5.74) is 7.32. The third-order valence-electron chi connectivity index (χ3n) is 2.99. The molecule has 3 rings (SSSR count). The van der Waals surface area contributed by atoms with Gasteiger partial charge in [0.15, 0.2) is 0 Å². The molecule has 0 fully saturated rings. The highest BCUT2D eigenvalue weighted by atomic mass is 16.5. The van der Waals surface area contributed by atoms with Gasteiger partial charge in [-0.1, -0.05) is 12.1 Å². The summed E-state index contributed by atoms with van der Waals surface area (Å²) in [6.07, 6.45) is 3.18. The molecule has 0 saturated carbocycles. The Kier molecular flexibility index (Phi) is 4.15. The van der Waals surface area contributed by atoms with Crippen LogP contribution in [0.1, 0.15) is 10.4 Å². The monoisotopic (exact) mass is 306 g/mol. The molecule has 6 nitrogen and oxygen atoms in total. The Morgan fingerprint density at radius 3 is 2.57 bits per heavy atom. The minimum absolute atomic E-state index is 0.242. The molecule has 1 aromatic heterocycles. The van der Waals surface area contributed by atoms with Crippen LogP contribution in [0.25, 0.3) is 0 Å². The third kappa shape index (κ3) is 3.82. The van der Waals surface area contributed by atoms with Crippen LogP contribution in [-0.4, -0.2) is 15.9 Å². The zero-order valence-electron chi connectivity index (χ0n) is 12.1. The fraction of sp³-hybridized carbons (Fsp3) is 0. The number of amides is 1. The van der Waals surface area contributed by atoms with E-state index < -0.39 is 0 Å². The van der Waals surface area contributed by atoms with E-state index in [2.05, 4.69) is 15.3 Å². The predicted octanol–water partition coefficient (Wildman–Crippen LogP) is 3.10. The number of aromatic nitrogens is 2. The molecule has 114 valence electrons. The van der Waals surface area contributed by atoms with Gasteiger partial charge in [0.05, 0.1) is 0 Å². The summed E-state index contributed by atoms with van der Waals surface area (Å²) in [4.78, 5) is 20.2. The van der Waals surface area contributed by atoms with E-state index in [0.717, 1.165) is 0 Å². The van der Waals surface area contributed by atoms with Crippen LogP contribution in [0.5, 0.6) is 11.8 Å². The molecule has 6 heteroatoms. The van der Waals surface area contributed by atoms with E-state index in [0.29, 0.717) is 22.7 Å². The molecule has 0 radical (unpaired) electrons. The number of ether oxygens (including phenoxy) is 1. The lowest BCUT2D eigenvalue weighted by Gasteiger charge is -2.08. The number of carbonyl (C=O) groups is 1. The van der Waals surface area contributed by atoms with Gasteiger partial charge in [-0.15, -0.1) is 0 Å². The Morgan fingerprint density at radius 2 is 1.78 bits per heavy atom. The van der Waals surface area contributed by atoms with Crippen molar-refractivity contribution in [2.45, 2.75) is 0 Å². The van der Waals surface area contributed by atoms with Crippen molar-refractivity contribution in [2.24, 2.45) is 0 Å². The summed E-state index contributed by atoms with van der Waals surface area (Å²) in [5.74, 6) is 0.284. The first-order chi connectivity index (χ1) is 11.2. The summed E-state index contributed by atoms with van der Waals surface area (Å²) in [7, 11) is 0. The van der Waals surface area contributed by atoms with Crippen LogP contribution in [0.15, 0.2) is 67.0 Å². The highest BCUT2D eigenvalue weighted by Crippen LogP contribution is 2.22. The molecular formula is C17H14N4O2. The van der Waals surface area contributed by atoms with Crippen LogP contribution in [0.3, 0.4) is 0 Å². The summed E-state index contributed by atoms with van der Waals surface area (Å²) >= 11 is 0. The summed E-state index contributed by atoms with van der Waals surface area (Å²) in [5, 5.41) is 2.80. The second kappa shape index (κ2) is 6.57. The van der Waals surface area contributed by atoms with Gasteiger partial charge < -0.3 is 15.8 Å². The number of nitrogens with zero attached hydrogens (tertiary/aromatic N) is 2. The molecule has 0 aliphatic carbocycles. The fourth-order valence-electron chi connectivity index (χ4n) is 1.96. The molecule has 0 bridgehead atoms. The Labute approximate surface area is 133 Å². The molecule has 3 aromatic rings. The summed E-state index contributed by atoms with van der Waals surface area (Å²) in [6.45, 7) is 0. The third-order valence-corrected chi connectivity index (χ3v) is 2.99. The maximum atomic E-state index is 12.2. The largest absolute Gasteiger partial charge is 0.424 e. The number of carbonyl (C=O) groups excluding carboxylic acids is 1. The van der Waals surface area contributed by atoms with Gasteiger partial charge in [-0.2, -0.15) is 0 Å². The first-order valence-corrected chi connectivity index (χ1v) is 6.92. The number of hydrogen-bond donors (Lipinski definition) is 2. The molecule has 1 heterocycles. The Hall–Kier alpha value is -3.41. The van der Waals surface area contributed by atoms with Crippen molar-refractivity contribution < 1.29 is 9.53 Å². The Bertz CT molecular complexity index is 822. The molecule has 1 amide bonds. The number of nitrogens with one attached hydrogen (secondary N) is 1. The second-order valence-electron chi connectivity index (χ2n) is 4.74. The van der Waals surface area contributed by atoms with Crippen LogP contribution < -0.4 is 15.8 Å². The van der Waals surface area contributed by atoms with Crippen LogP contribution in [-0.2, 0) is 0 Å². The number of nitrogen functional groups attached to an aromatic ring is 1. The normalized spacial score (nSPS) is 10.1. The maximum absolute atomic E-state index is 12.2. The topological polar surface area (TPSA) is 90.1 Å². The first kappa shape index (κ1) is 14.5. The van der Waals surface area contributed by atoms with E-state index in [9.17, 15) is 4.79 Å². The van der Waals surface area contributed by atoms with Crippen LogP contribution >= 0.6 is 0 Å². The number of hydrogen-bond acceptors (Lipinski definition) is 5. The lowest BCUT2D eigenvalue weighted by atomic mass is 10.2. The van der Waals surface area contributed by atoms with Crippen molar-refractivity contribution in [2.75, 3.05) is 11.1 Å². The van der Waals surface area contributed by atoms with E-state index in [-0.39, 0.29) is 11.9 Å². The molecule has 0 spiro atoms. The average molecular weight is 306 g/mol. The SMILES string of the molecule is Nc1cccc(C(=O)Nc2cccc(Oc3ncccn3)c2)c1. The van der Waals surface area contributed by atoms with Crippen LogP contribution in [0, 0.1) is 0 Å². The number of anilines is 2. The zero-order chi connectivity index (χ0) is 16.1. The van der Waals surface area contributed by atoms with Crippen molar-refractivity contribution in [3.63, 3.8) is 0 Å². The van der Waals surface area contributed by atoms with E-state index in [1.165, 1.54) is 0 Å². The van der Waals surface area contributed by atoms with Gasteiger partial charge in [0, 0.05) is 35.4 Å². The van der Waals surface area contributed by atoms with E-state index in [1.807, 2.05) is 0 Å². The molecule has 23 heavy (non-hydrogen) atoms. The van der Waals surface area contributed by atoms with Crippen molar-refractivity contribution in [3.05, 3.63) is 72.6 Å². The van der Waals surface area contributed by atoms with E-state index >= 15 is 0 Å². The standard InChI is InChI=1S/C17H14N4O2/c18-13-5-1-4-12(10-13)16(22)21-14-6-2-7-15(11-14)23-17-19-8-3-9-20-17/h1-11H,18H2,(H,21,22). The molecule has 0 saturated heterocycles. The predicted molar refractivity (Wildman–Crippen MR) is 87.4 cm³/mol. The molecule has 2 aromatic carbocycles. The maximum Gasteiger partial charge on any atom is 0.321 e. The molecule has 0 unspecified atom stereocenters. The van der Waals surface area contributed by atoms with Gasteiger partial charge in [0.1, 0.15) is 5.75 Å². The lowest BCUT2D eigenvalue weighted by Crippen LogP contribution is -2.12. The smallest absolute Gasteiger partial charge is 0.321 e. The van der Waals surface area contributed by atoms with E-state index in [1.54, 1.807) is 67.0 Å². The van der Waals surface area contributed by atoms with Crippen molar-refractivity contribution >= 4 is 17.3 Å². The molecule has 0 atom stereocenters. The Balaban J connectivity index is 1.74. The molecule has 0 aliphatic rings. The van der Waals surface area contributed by atoms with Crippen LogP contribution in [0.4, 0.5) is 11.4 Å². The summed E-state index contributed by atoms with van der Waals surface area (Å²) in [6, 6.07) is 15.7.